The molecule has 5 heteroatoms. The molecule has 1 N–H and O–H groups in total. The zero-order valence-corrected chi connectivity index (χ0v) is 11.2. The Balaban J connectivity index is 2.48. The number of nitrogens with zero attached hydrogens (tertiary/aromatic N) is 3. The second kappa shape index (κ2) is 7.06. The van der Waals surface area contributed by atoms with Gasteiger partial charge in [-0.3, -0.25) is 0 Å². The minimum absolute atomic E-state index is 0.626. The lowest BCUT2D eigenvalue weighted by Crippen LogP contribution is -2.16. The van der Waals surface area contributed by atoms with Gasteiger partial charge in [-0.05, 0) is 34.4 Å². The molecule has 0 bridgehead atoms. The van der Waals surface area contributed by atoms with Crippen LogP contribution in [0.25, 0.3) is 0 Å². The third-order valence-electron chi connectivity index (χ3n) is 2.25. The first-order valence-corrected chi connectivity index (χ1v) is 5.98. The summed E-state index contributed by atoms with van der Waals surface area (Å²) in [5.74, 6) is 1.30. The lowest BCUT2D eigenvalue weighted by atomic mass is 10.4. The summed E-state index contributed by atoms with van der Waals surface area (Å²) in [5, 5.41) is 3.07. The summed E-state index contributed by atoms with van der Waals surface area (Å²) in [6.07, 6.45) is 2.78. The number of rotatable bonds is 7. The predicted octanol–water partition coefficient (Wildman–Crippen LogP) is 1.55. The average Bonchev–Trinajstić information content (AvgIpc) is 2.28. The quantitative estimate of drug-likeness (QED) is 0.730. The monoisotopic (exact) mass is 238 g/mol. The maximum Gasteiger partial charge on any atom is 0.225 e. The number of hydrogen-bond acceptors (Lipinski definition) is 5. The smallest absolute Gasteiger partial charge is 0.225 e. The summed E-state index contributed by atoms with van der Waals surface area (Å²) in [6, 6.07) is 0. The minimum Gasteiger partial charge on any atom is -0.477 e. The first kappa shape index (κ1) is 13.7. The lowest BCUT2D eigenvalue weighted by Gasteiger charge is -2.11. The molecule has 1 heterocycles. The van der Waals surface area contributed by atoms with E-state index in [-0.39, 0.29) is 0 Å². The highest BCUT2D eigenvalue weighted by atomic mass is 16.5. The molecule has 0 aliphatic rings. The molecule has 0 atom stereocenters. The Bertz CT molecular complexity index is 341. The van der Waals surface area contributed by atoms with Crippen molar-refractivity contribution in [2.45, 2.75) is 20.3 Å². The lowest BCUT2D eigenvalue weighted by molar-refractivity contribution is 0.271. The van der Waals surface area contributed by atoms with Gasteiger partial charge in [-0.1, -0.05) is 0 Å². The van der Waals surface area contributed by atoms with Crippen molar-refractivity contribution in [2.24, 2.45) is 0 Å². The molecule has 1 aromatic heterocycles. The average molecular weight is 238 g/mol. The van der Waals surface area contributed by atoms with Gasteiger partial charge in [-0.15, -0.1) is 0 Å². The van der Waals surface area contributed by atoms with Crippen LogP contribution in [0.5, 0.6) is 5.88 Å². The van der Waals surface area contributed by atoms with Crippen molar-refractivity contribution in [3.63, 3.8) is 0 Å². The van der Waals surface area contributed by atoms with E-state index in [9.17, 15) is 0 Å². The Kier molecular flexibility index (Phi) is 5.69. The van der Waals surface area contributed by atoms with Gasteiger partial charge >= 0.3 is 0 Å². The van der Waals surface area contributed by atoms with Crippen molar-refractivity contribution in [1.29, 1.82) is 0 Å². The van der Waals surface area contributed by atoms with E-state index in [0.29, 0.717) is 18.4 Å². The summed E-state index contributed by atoms with van der Waals surface area (Å²) in [5.41, 5.74) is 0.969. The van der Waals surface area contributed by atoms with Crippen LogP contribution >= 0.6 is 0 Å². The third-order valence-corrected chi connectivity index (χ3v) is 2.25. The van der Waals surface area contributed by atoms with Crippen LogP contribution in [0.2, 0.25) is 0 Å². The Morgan fingerprint density at radius 2 is 2.18 bits per heavy atom. The minimum atomic E-state index is 0.626. The predicted molar refractivity (Wildman–Crippen MR) is 69.6 cm³/mol. The van der Waals surface area contributed by atoms with Gasteiger partial charge in [0.05, 0.1) is 6.61 Å². The van der Waals surface area contributed by atoms with Crippen LogP contribution in [0.4, 0.5) is 5.95 Å². The molecule has 96 valence electrons. The second-order valence-electron chi connectivity index (χ2n) is 4.22. The van der Waals surface area contributed by atoms with Crippen molar-refractivity contribution in [1.82, 2.24) is 14.9 Å². The third kappa shape index (κ3) is 4.99. The van der Waals surface area contributed by atoms with Crippen molar-refractivity contribution in [2.75, 3.05) is 39.1 Å². The molecule has 0 aromatic carbocycles. The molecular weight excluding hydrogens is 216 g/mol. The van der Waals surface area contributed by atoms with E-state index in [0.717, 1.165) is 25.1 Å². The first-order chi connectivity index (χ1) is 8.13. The number of hydrogen-bond donors (Lipinski definition) is 1. The zero-order valence-electron chi connectivity index (χ0n) is 11.2. The van der Waals surface area contributed by atoms with E-state index in [1.807, 2.05) is 13.8 Å². The maximum absolute atomic E-state index is 5.66. The fourth-order valence-electron chi connectivity index (χ4n) is 1.37. The largest absolute Gasteiger partial charge is 0.477 e. The van der Waals surface area contributed by atoms with Gasteiger partial charge in [0, 0.05) is 24.8 Å². The molecule has 0 aliphatic carbocycles. The van der Waals surface area contributed by atoms with Gasteiger partial charge in [0.1, 0.15) is 0 Å². The normalized spacial score (nSPS) is 10.6. The fraction of sp³-hybridized carbons (Fsp3) is 0.667. The highest BCUT2D eigenvalue weighted by Gasteiger charge is 2.04. The van der Waals surface area contributed by atoms with Gasteiger partial charge in [-0.2, -0.15) is 4.98 Å². The summed E-state index contributed by atoms with van der Waals surface area (Å²) in [6.45, 7) is 6.48. The van der Waals surface area contributed by atoms with Crippen LogP contribution in [0.1, 0.15) is 18.9 Å². The number of nitrogens with one attached hydrogen (secondary N) is 1. The first-order valence-electron chi connectivity index (χ1n) is 5.98. The second-order valence-corrected chi connectivity index (χ2v) is 4.22. The summed E-state index contributed by atoms with van der Waals surface area (Å²) in [7, 11) is 4.11. The Morgan fingerprint density at radius 3 is 2.82 bits per heavy atom. The van der Waals surface area contributed by atoms with Crippen LogP contribution in [0.15, 0.2) is 6.20 Å². The summed E-state index contributed by atoms with van der Waals surface area (Å²) < 4.78 is 5.66. The van der Waals surface area contributed by atoms with Gasteiger partial charge < -0.3 is 15.0 Å². The van der Waals surface area contributed by atoms with Crippen LogP contribution in [-0.2, 0) is 0 Å². The summed E-state index contributed by atoms with van der Waals surface area (Å²) in [4.78, 5) is 10.6. The van der Waals surface area contributed by atoms with Crippen molar-refractivity contribution >= 4 is 5.95 Å². The SMILES string of the molecule is CCNc1ncc(C)c(OCCCN(C)C)n1. The fourth-order valence-corrected chi connectivity index (χ4v) is 1.37. The molecule has 1 aromatic rings. The standard InChI is InChI=1S/C12H22N4O/c1-5-13-12-14-9-10(2)11(15-12)17-8-6-7-16(3)4/h9H,5-8H2,1-4H3,(H,13,14,15). The molecule has 0 fully saturated rings. The van der Waals surface area contributed by atoms with Crippen LogP contribution in [0, 0.1) is 6.92 Å². The molecule has 0 aliphatic heterocycles. The van der Waals surface area contributed by atoms with Gasteiger partial charge in [0.25, 0.3) is 0 Å². The van der Waals surface area contributed by atoms with Crippen molar-refractivity contribution in [3.8, 4) is 5.88 Å². The Morgan fingerprint density at radius 1 is 1.41 bits per heavy atom. The van der Waals surface area contributed by atoms with E-state index in [4.69, 9.17) is 4.74 Å². The Hall–Kier alpha value is -1.36. The van der Waals surface area contributed by atoms with Crippen LogP contribution in [0.3, 0.4) is 0 Å². The topological polar surface area (TPSA) is 50.3 Å². The zero-order chi connectivity index (χ0) is 12.7. The van der Waals surface area contributed by atoms with E-state index >= 15 is 0 Å². The van der Waals surface area contributed by atoms with Gasteiger partial charge in [0.2, 0.25) is 11.8 Å². The van der Waals surface area contributed by atoms with Gasteiger partial charge in [-0.25, -0.2) is 4.98 Å². The van der Waals surface area contributed by atoms with Crippen LogP contribution in [-0.4, -0.2) is 48.7 Å². The molecule has 0 saturated heterocycles. The molecular formula is C12H22N4O. The van der Waals surface area contributed by atoms with Crippen LogP contribution < -0.4 is 10.1 Å². The number of ether oxygens (including phenoxy) is 1. The van der Waals surface area contributed by atoms with E-state index in [1.54, 1.807) is 6.20 Å². The molecule has 0 unspecified atom stereocenters. The maximum atomic E-state index is 5.66. The molecule has 5 nitrogen and oxygen atoms in total. The highest BCUT2D eigenvalue weighted by Crippen LogP contribution is 2.15. The van der Waals surface area contributed by atoms with E-state index in [2.05, 4.69) is 34.3 Å². The molecule has 0 spiro atoms. The number of aryl methyl sites for hydroxylation is 1. The molecule has 1 rings (SSSR count). The molecule has 17 heavy (non-hydrogen) atoms. The number of anilines is 1. The summed E-state index contributed by atoms with van der Waals surface area (Å²) >= 11 is 0. The van der Waals surface area contributed by atoms with Gasteiger partial charge in [0.15, 0.2) is 0 Å². The highest BCUT2D eigenvalue weighted by molar-refractivity contribution is 5.32. The molecule has 0 saturated carbocycles. The molecule has 0 amide bonds. The van der Waals surface area contributed by atoms with Crippen molar-refractivity contribution in [3.05, 3.63) is 11.8 Å². The number of aromatic nitrogens is 2. The van der Waals surface area contributed by atoms with Crippen molar-refractivity contribution < 1.29 is 4.74 Å². The Labute approximate surface area is 103 Å². The van der Waals surface area contributed by atoms with E-state index < -0.39 is 0 Å². The molecule has 0 radical (unpaired) electrons. The van der Waals surface area contributed by atoms with E-state index in [1.165, 1.54) is 0 Å².